The van der Waals surface area contributed by atoms with Gasteiger partial charge in [0.05, 0.1) is 28.1 Å². The van der Waals surface area contributed by atoms with E-state index < -0.39 is 34.1 Å². The van der Waals surface area contributed by atoms with Gasteiger partial charge in [0.25, 0.3) is 5.91 Å². The van der Waals surface area contributed by atoms with Crippen molar-refractivity contribution in [1.29, 1.82) is 0 Å². The van der Waals surface area contributed by atoms with Gasteiger partial charge in [0, 0.05) is 11.1 Å². The SMILES string of the molecule is Cc1nc(Nc2sc(-c3c(F)cc(C(C)(C)O)cc3F)cc2C(N)=O)ccc1NS(C)=O. The molecule has 7 nitrogen and oxygen atoms in total. The molecule has 0 saturated heterocycles. The number of primary amides is 1. The number of pyridine rings is 1. The number of thiophene rings is 1. The molecule has 0 aliphatic heterocycles. The van der Waals surface area contributed by atoms with Gasteiger partial charge >= 0.3 is 0 Å². The number of hydrogen-bond donors (Lipinski definition) is 4. The number of nitrogens with zero attached hydrogens (tertiary/aromatic N) is 1. The second-order valence-electron chi connectivity index (χ2n) is 7.60. The lowest BCUT2D eigenvalue weighted by atomic mass is 9.96. The molecule has 5 N–H and O–H groups in total. The highest BCUT2D eigenvalue weighted by atomic mass is 32.2. The summed E-state index contributed by atoms with van der Waals surface area (Å²) in [6.07, 6.45) is 1.49. The number of carbonyl (C=O) groups is 1. The summed E-state index contributed by atoms with van der Waals surface area (Å²) in [4.78, 5) is 16.5. The van der Waals surface area contributed by atoms with Crippen molar-refractivity contribution in [3.8, 4) is 10.4 Å². The van der Waals surface area contributed by atoms with E-state index in [-0.39, 0.29) is 26.6 Å². The van der Waals surface area contributed by atoms with Crippen LogP contribution in [0.15, 0.2) is 30.3 Å². The molecule has 3 aromatic rings. The number of aryl methyl sites for hydroxylation is 1. The number of anilines is 3. The number of aromatic nitrogens is 1. The summed E-state index contributed by atoms with van der Waals surface area (Å²) in [5.74, 6) is -2.16. The number of halogens is 2. The maximum Gasteiger partial charge on any atom is 0.251 e. The van der Waals surface area contributed by atoms with Crippen LogP contribution in [0.4, 0.5) is 25.3 Å². The summed E-state index contributed by atoms with van der Waals surface area (Å²) in [5.41, 5.74) is 4.99. The molecular weight excluding hydrogens is 458 g/mol. The number of aliphatic hydroxyl groups is 1. The van der Waals surface area contributed by atoms with Crippen molar-refractivity contribution in [2.75, 3.05) is 16.3 Å². The van der Waals surface area contributed by atoms with Crippen LogP contribution in [0, 0.1) is 18.6 Å². The van der Waals surface area contributed by atoms with E-state index >= 15 is 0 Å². The van der Waals surface area contributed by atoms with Crippen molar-refractivity contribution < 1.29 is 22.9 Å². The zero-order chi connectivity index (χ0) is 23.8. The highest BCUT2D eigenvalue weighted by molar-refractivity contribution is 7.85. The van der Waals surface area contributed by atoms with Crippen LogP contribution in [0.2, 0.25) is 0 Å². The van der Waals surface area contributed by atoms with Crippen molar-refractivity contribution in [3.05, 3.63) is 58.8 Å². The van der Waals surface area contributed by atoms with Gasteiger partial charge in [-0.1, -0.05) is 0 Å². The van der Waals surface area contributed by atoms with Gasteiger partial charge < -0.3 is 20.9 Å². The lowest BCUT2D eigenvalue weighted by molar-refractivity contribution is 0.0778. The van der Waals surface area contributed by atoms with E-state index in [1.165, 1.54) is 26.2 Å². The van der Waals surface area contributed by atoms with E-state index in [0.29, 0.717) is 17.2 Å². The third-order valence-electron chi connectivity index (χ3n) is 4.57. The van der Waals surface area contributed by atoms with Gasteiger partial charge in [0.15, 0.2) is 0 Å². The Labute approximate surface area is 190 Å². The zero-order valence-electron chi connectivity index (χ0n) is 17.7. The Morgan fingerprint density at radius 3 is 2.34 bits per heavy atom. The minimum absolute atomic E-state index is 0.0479. The lowest BCUT2D eigenvalue weighted by Gasteiger charge is -2.18. The summed E-state index contributed by atoms with van der Waals surface area (Å²) in [6, 6.07) is 6.70. The molecule has 0 saturated carbocycles. The summed E-state index contributed by atoms with van der Waals surface area (Å²) in [5, 5.41) is 13.3. The Kier molecular flexibility index (Phi) is 6.63. The molecule has 2 aromatic heterocycles. The highest BCUT2D eigenvalue weighted by Gasteiger charge is 2.24. The molecule has 1 atom stereocenters. The first-order chi connectivity index (χ1) is 14.9. The molecule has 2 heterocycles. The minimum Gasteiger partial charge on any atom is -0.386 e. The smallest absolute Gasteiger partial charge is 0.251 e. The maximum absolute atomic E-state index is 14.8. The minimum atomic E-state index is -1.42. The molecule has 1 aromatic carbocycles. The quantitative estimate of drug-likeness (QED) is 0.405. The van der Waals surface area contributed by atoms with Crippen LogP contribution in [0.25, 0.3) is 10.4 Å². The molecule has 0 aliphatic carbocycles. The molecule has 1 unspecified atom stereocenters. The first kappa shape index (κ1) is 23.8. The van der Waals surface area contributed by atoms with E-state index in [0.717, 1.165) is 23.5 Å². The van der Waals surface area contributed by atoms with Gasteiger partial charge in [0.2, 0.25) is 0 Å². The fourth-order valence-corrected chi connectivity index (χ4v) is 4.61. The summed E-state index contributed by atoms with van der Waals surface area (Å²) in [7, 11) is -1.27. The van der Waals surface area contributed by atoms with Gasteiger partial charge in [-0.3, -0.25) is 4.79 Å². The molecule has 0 fully saturated rings. The van der Waals surface area contributed by atoms with Gasteiger partial charge in [0.1, 0.15) is 33.4 Å². The first-order valence-electron chi connectivity index (χ1n) is 9.37. The fraction of sp³-hybridized carbons (Fsp3) is 0.238. The largest absolute Gasteiger partial charge is 0.386 e. The molecule has 0 spiro atoms. The first-order valence-corrected chi connectivity index (χ1v) is 11.7. The average molecular weight is 481 g/mol. The van der Waals surface area contributed by atoms with Crippen LogP contribution in [-0.2, 0) is 16.6 Å². The molecule has 0 aliphatic rings. The maximum atomic E-state index is 14.8. The van der Waals surface area contributed by atoms with Crippen LogP contribution >= 0.6 is 11.3 Å². The molecule has 32 heavy (non-hydrogen) atoms. The molecule has 0 radical (unpaired) electrons. The predicted molar refractivity (Wildman–Crippen MR) is 123 cm³/mol. The van der Waals surface area contributed by atoms with Gasteiger partial charge in [-0.15, -0.1) is 11.3 Å². The van der Waals surface area contributed by atoms with Crippen LogP contribution in [0.3, 0.4) is 0 Å². The number of nitrogens with one attached hydrogen (secondary N) is 2. The molecule has 170 valence electrons. The number of nitrogens with two attached hydrogens (primary N) is 1. The van der Waals surface area contributed by atoms with E-state index in [4.69, 9.17) is 5.73 Å². The highest BCUT2D eigenvalue weighted by Crippen LogP contribution is 2.40. The second kappa shape index (κ2) is 8.93. The standard InChI is InChI=1S/C21H22F2N4O3S2/c1-10-15(27-32(4)30)5-6-17(25-10)26-20-12(19(24)28)9-16(31-20)18-13(22)7-11(8-14(18)23)21(2,3)29/h5-9,27,29H,1-4H3,(H2,24,28)(H,25,26). The van der Waals surface area contributed by atoms with Crippen molar-refractivity contribution in [2.45, 2.75) is 26.4 Å². The van der Waals surface area contributed by atoms with Crippen molar-refractivity contribution in [1.82, 2.24) is 4.98 Å². The normalized spacial score (nSPS) is 12.5. The fourth-order valence-electron chi connectivity index (χ4n) is 2.96. The predicted octanol–water partition coefficient (Wildman–Crippen LogP) is 4.17. The van der Waals surface area contributed by atoms with Crippen LogP contribution < -0.4 is 15.8 Å². The Morgan fingerprint density at radius 1 is 1.22 bits per heavy atom. The molecular formula is C21H22F2N4O3S2. The summed E-state index contributed by atoms with van der Waals surface area (Å²) < 4.78 is 43.7. The average Bonchev–Trinajstić information content (AvgIpc) is 3.06. The Morgan fingerprint density at radius 2 is 1.84 bits per heavy atom. The second-order valence-corrected chi connectivity index (χ2v) is 9.77. The molecule has 1 amide bonds. The van der Waals surface area contributed by atoms with E-state index in [2.05, 4.69) is 15.0 Å². The number of amides is 1. The van der Waals surface area contributed by atoms with Crippen LogP contribution in [0.1, 0.15) is 35.5 Å². The van der Waals surface area contributed by atoms with Gasteiger partial charge in [-0.05, 0) is 56.7 Å². The van der Waals surface area contributed by atoms with E-state index in [1.807, 2.05) is 0 Å². The molecule has 3 rings (SSSR count). The Balaban J connectivity index is 2.01. The van der Waals surface area contributed by atoms with Gasteiger partial charge in [-0.2, -0.15) is 0 Å². The number of benzene rings is 1. The molecule has 11 heteroatoms. The van der Waals surface area contributed by atoms with Crippen LogP contribution in [-0.4, -0.2) is 26.5 Å². The topological polar surface area (TPSA) is 117 Å². The number of rotatable bonds is 7. The van der Waals surface area contributed by atoms with E-state index in [1.54, 1.807) is 19.1 Å². The van der Waals surface area contributed by atoms with Crippen molar-refractivity contribution in [2.24, 2.45) is 5.73 Å². The third kappa shape index (κ3) is 5.12. The van der Waals surface area contributed by atoms with Gasteiger partial charge in [-0.25, -0.2) is 18.0 Å². The lowest BCUT2D eigenvalue weighted by Crippen LogP contribution is -2.16. The third-order valence-corrected chi connectivity index (χ3v) is 6.15. The number of hydrogen-bond acceptors (Lipinski definition) is 6. The monoisotopic (exact) mass is 480 g/mol. The van der Waals surface area contributed by atoms with E-state index in [9.17, 15) is 22.9 Å². The number of carbonyl (C=O) groups excluding carboxylic acids is 1. The summed E-state index contributed by atoms with van der Waals surface area (Å²) >= 11 is 0.939. The zero-order valence-corrected chi connectivity index (χ0v) is 19.4. The Bertz CT molecular complexity index is 1200. The van der Waals surface area contributed by atoms with Crippen LogP contribution in [0.5, 0.6) is 0 Å². The van der Waals surface area contributed by atoms with Crippen molar-refractivity contribution >= 4 is 44.7 Å². The molecule has 0 bridgehead atoms. The summed E-state index contributed by atoms with van der Waals surface area (Å²) in [6.45, 7) is 4.56. The Hall–Kier alpha value is -2.89. The van der Waals surface area contributed by atoms with Crippen molar-refractivity contribution in [3.63, 3.8) is 0 Å².